The molecule has 2 aliphatic carbocycles. The normalized spacial score (nSPS) is 35.1. The van der Waals surface area contributed by atoms with Crippen LogP contribution < -0.4 is 0 Å². The monoisotopic (exact) mass is 698 g/mol. The molecule has 2 aliphatic heterocycles. The summed E-state index contributed by atoms with van der Waals surface area (Å²) in [6.45, 7) is 2.57. The Kier molecular flexibility index (Phi) is 8.31. The van der Waals surface area contributed by atoms with E-state index < -0.39 is 128 Å². The number of aromatic hydroxyl groups is 2. The highest BCUT2D eigenvalue weighted by Crippen LogP contribution is 2.64. The molecular weight excluding hydrogens is 664 g/mol. The van der Waals surface area contributed by atoms with Gasteiger partial charge in [-0.05, 0) is 38.8 Å². The molecule has 2 aromatic rings. The largest absolute Gasteiger partial charge is 0.507 e. The standard InChI is InChI=1S/C34H34O14S/c1-15-33(43)29(41)25-19(7-5-9-21(25)35)27(39)31(33,13-17(47-15)11-23(37)45-3)49-32-14-18(12-24(38)46-4)48-16(2)34(32,44)30(42)26-20(28(32)40)8-6-10-22(26)36/h5-10,15-18,35-36,43-44H,11-14H2,1-4H3/t15-,16-,17+,18+,31-,32-,33+,34+/m1/s1. The number of ketones is 4. The number of Topliss-reactive ketones (excluding diaryl/α,β-unsaturated/α-hetero) is 4. The van der Waals surface area contributed by atoms with E-state index >= 15 is 9.59 Å². The third-order valence-electron chi connectivity index (χ3n) is 10.3. The van der Waals surface area contributed by atoms with Gasteiger partial charge in [0.2, 0.25) is 11.6 Å². The van der Waals surface area contributed by atoms with Gasteiger partial charge < -0.3 is 39.4 Å². The molecular formula is C34H34O14S. The minimum absolute atomic E-state index is 0.313. The van der Waals surface area contributed by atoms with Crippen molar-refractivity contribution in [3.63, 3.8) is 0 Å². The van der Waals surface area contributed by atoms with Gasteiger partial charge in [-0.2, -0.15) is 0 Å². The van der Waals surface area contributed by atoms with Crippen LogP contribution in [0.15, 0.2) is 36.4 Å². The number of benzene rings is 2. The molecule has 4 aliphatic rings. The van der Waals surface area contributed by atoms with Crippen LogP contribution in [0.2, 0.25) is 0 Å². The first-order valence-corrected chi connectivity index (χ1v) is 16.3. The van der Waals surface area contributed by atoms with Crippen LogP contribution in [0.5, 0.6) is 11.5 Å². The fourth-order valence-corrected chi connectivity index (χ4v) is 10.3. The molecule has 4 N–H and O–H groups in total. The van der Waals surface area contributed by atoms with Gasteiger partial charge in [0.05, 0.1) is 62.6 Å². The summed E-state index contributed by atoms with van der Waals surface area (Å²) >= 11 is 0.381. The second kappa shape index (κ2) is 11.7. The van der Waals surface area contributed by atoms with Crippen molar-refractivity contribution >= 4 is 46.8 Å². The number of hydrogen-bond acceptors (Lipinski definition) is 15. The first-order valence-electron chi connectivity index (χ1n) is 15.5. The van der Waals surface area contributed by atoms with E-state index in [1.165, 1.54) is 38.1 Å². The summed E-state index contributed by atoms with van der Waals surface area (Å²) in [6, 6.07) is 7.44. The number of esters is 2. The highest BCUT2D eigenvalue weighted by atomic mass is 32.2. The summed E-state index contributed by atoms with van der Waals surface area (Å²) in [6.07, 6.45) is -7.60. The van der Waals surface area contributed by atoms with Crippen LogP contribution in [0, 0.1) is 0 Å². The zero-order valence-electron chi connectivity index (χ0n) is 26.9. The third kappa shape index (κ3) is 4.55. The second-order valence-corrected chi connectivity index (χ2v) is 14.4. The molecule has 14 nitrogen and oxygen atoms in total. The lowest BCUT2D eigenvalue weighted by molar-refractivity contribution is -0.173. The van der Waals surface area contributed by atoms with Gasteiger partial charge in [0, 0.05) is 11.1 Å². The number of phenolic OH excluding ortho intramolecular Hbond substituents is 2. The van der Waals surface area contributed by atoms with Crippen LogP contribution in [-0.4, -0.2) is 115 Å². The van der Waals surface area contributed by atoms with Crippen molar-refractivity contribution in [2.75, 3.05) is 14.2 Å². The Morgan fingerprint density at radius 2 is 1.08 bits per heavy atom. The van der Waals surface area contributed by atoms with E-state index in [0.29, 0.717) is 11.8 Å². The number of hydrogen-bond donors (Lipinski definition) is 4. The lowest BCUT2D eigenvalue weighted by atomic mass is 9.63. The van der Waals surface area contributed by atoms with Gasteiger partial charge in [-0.25, -0.2) is 0 Å². The SMILES string of the molecule is COC(=O)C[C@H]1C[C@@]2(S[C@@]34C[C@H](CC(=O)OC)O[C@H](C)[C@]3(O)C(=O)c3c(O)cccc3C4=O)C(=O)c3cccc(O)c3C(=O)[C@@]2(O)[C@@H](C)O1. The van der Waals surface area contributed by atoms with Gasteiger partial charge in [0.15, 0.2) is 22.8 Å². The Bertz CT molecular complexity index is 1690. The highest BCUT2D eigenvalue weighted by Gasteiger charge is 2.78. The highest BCUT2D eigenvalue weighted by molar-refractivity contribution is 8.03. The number of carbonyl (C=O) groups is 6. The minimum Gasteiger partial charge on any atom is -0.507 e. The van der Waals surface area contributed by atoms with E-state index in [-0.39, 0.29) is 11.1 Å². The molecule has 6 rings (SSSR count). The van der Waals surface area contributed by atoms with Crippen LogP contribution in [0.4, 0.5) is 0 Å². The van der Waals surface area contributed by atoms with Crippen molar-refractivity contribution in [3.8, 4) is 11.5 Å². The summed E-state index contributed by atoms with van der Waals surface area (Å²) in [5.74, 6) is -6.87. The van der Waals surface area contributed by atoms with Crippen LogP contribution in [-0.2, 0) is 28.5 Å². The van der Waals surface area contributed by atoms with Gasteiger partial charge >= 0.3 is 11.9 Å². The lowest BCUT2D eigenvalue weighted by Crippen LogP contribution is -2.79. The molecule has 8 atom stereocenters. The predicted octanol–water partition coefficient (Wildman–Crippen LogP) is 1.71. The number of phenols is 2. The van der Waals surface area contributed by atoms with Crippen molar-refractivity contribution in [2.24, 2.45) is 0 Å². The molecule has 0 unspecified atom stereocenters. The van der Waals surface area contributed by atoms with E-state index in [0.717, 1.165) is 26.4 Å². The van der Waals surface area contributed by atoms with Gasteiger partial charge in [0.25, 0.3) is 0 Å². The van der Waals surface area contributed by atoms with Crippen LogP contribution >= 0.6 is 11.8 Å². The Balaban J connectivity index is 1.66. The summed E-state index contributed by atoms with van der Waals surface area (Å²) in [4.78, 5) is 83.9. The molecule has 0 bridgehead atoms. The van der Waals surface area contributed by atoms with Gasteiger partial charge in [-0.1, -0.05) is 24.3 Å². The molecule has 0 radical (unpaired) electrons. The molecule has 2 fully saturated rings. The van der Waals surface area contributed by atoms with Crippen molar-refractivity contribution in [1.82, 2.24) is 0 Å². The Morgan fingerprint density at radius 1 is 0.714 bits per heavy atom. The summed E-state index contributed by atoms with van der Waals surface area (Å²) in [5.41, 5.74) is -7.33. The van der Waals surface area contributed by atoms with Crippen molar-refractivity contribution in [2.45, 2.75) is 84.6 Å². The molecule has 260 valence electrons. The summed E-state index contributed by atoms with van der Waals surface area (Å²) < 4.78 is 16.6. The number of rotatable bonds is 6. The molecule has 0 amide bonds. The maximum absolute atomic E-state index is 15.0. The van der Waals surface area contributed by atoms with E-state index in [2.05, 4.69) is 0 Å². The fourth-order valence-electron chi connectivity index (χ4n) is 7.91. The Morgan fingerprint density at radius 3 is 1.43 bits per heavy atom. The number of fused-ring (bicyclic) bond motifs is 4. The van der Waals surface area contributed by atoms with E-state index in [1.54, 1.807) is 0 Å². The molecule has 0 spiro atoms. The van der Waals surface area contributed by atoms with E-state index in [4.69, 9.17) is 18.9 Å². The van der Waals surface area contributed by atoms with Crippen LogP contribution in [0.25, 0.3) is 0 Å². The first kappa shape index (κ1) is 34.7. The molecule has 2 heterocycles. The zero-order chi connectivity index (χ0) is 35.8. The van der Waals surface area contributed by atoms with E-state index in [1.807, 2.05) is 0 Å². The fraction of sp³-hybridized carbons (Fsp3) is 0.471. The molecule has 49 heavy (non-hydrogen) atoms. The Hall–Kier alpha value is -4.15. The van der Waals surface area contributed by atoms with Crippen molar-refractivity contribution in [3.05, 3.63) is 58.7 Å². The summed E-state index contributed by atoms with van der Waals surface area (Å²) in [5, 5.41) is 46.8. The predicted molar refractivity (Wildman–Crippen MR) is 168 cm³/mol. The second-order valence-electron chi connectivity index (χ2n) is 12.8. The number of aliphatic hydroxyl groups is 2. The van der Waals surface area contributed by atoms with Crippen molar-refractivity contribution < 1.29 is 68.1 Å². The zero-order valence-corrected chi connectivity index (χ0v) is 27.7. The molecule has 0 aromatic heterocycles. The van der Waals surface area contributed by atoms with E-state index in [9.17, 15) is 39.6 Å². The number of carbonyl (C=O) groups excluding carboxylic acids is 6. The van der Waals surface area contributed by atoms with Crippen LogP contribution in [0.3, 0.4) is 0 Å². The quantitative estimate of drug-likeness (QED) is 0.316. The average Bonchev–Trinajstić information content (AvgIpc) is 3.06. The smallest absolute Gasteiger partial charge is 0.308 e. The minimum atomic E-state index is -2.86. The molecule has 2 aromatic carbocycles. The maximum Gasteiger partial charge on any atom is 0.308 e. The average molecular weight is 699 g/mol. The number of thioether (sulfide) groups is 1. The van der Waals surface area contributed by atoms with Crippen LogP contribution in [0.1, 0.15) is 81.0 Å². The maximum atomic E-state index is 15.0. The number of ether oxygens (including phenoxy) is 4. The molecule has 2 saturated heterocycles. The summed E-state index contributed by atoms with van der Waals surface area (Å²) in [7, 11) is 2.26. The molecule has 0 saturated carbocycles. The lowest BCUT2D eigenvalue weighted by Gasteiger charge is -2.61. The van der Waals surface area contributed by atoms with Gasteiger partial charge in [0.1, 0.15) is 21.0 Å². The first-order chi connectivity index (χ1) is 23.0. The molecule has 15 heteroatoms. The van der Waals surface area contributed by atoms with Gasteiger partial charge in [-0.15, -0.1) is 11.8 Å². The van der Waals surface area contributed by atoms with Crippen molar-refractivity contribution in [1.29, 1.82) is 0 Å². The van der Waals surface area contributed by atoms with Gasteiger partial charge in [-0.3, -0.25) is 28.8 Å². The third-order valence-corrected chi connectivity index (χ3v) is 12.3. The number of methoxy groups -OCH3 is 2. The topological polar surface area (TPSA) is 220 Å². The Labute approximate surface area is 283 Å².